The van der Waals surface area contributed by atoms with E-state index in [1.165, 1.54) is 26.3 Å². The molecule has 17 heavy (non-hydrogen) atoms. The van der Waals surface area contributed by atoms with Crippen molar-refractivity contribution >= 4 is 17.4 Å². The van der Waals surface area contributed by atoms with Gasteiger partial charge < -0.3 is 15.2 Å². The Hall–Kier alpha value is -1.95. The lowest BCUT2D eigenvalue weighted by Crippen LogP contribution is -2.34. The fraction of sp³-hybridized carbons (Fsp3) is 0.364. The average Bonchev–Trinajstić information content (AvgIpc) is 2.35. The van der Waals surface area contributed by atoms with Crippen LogP contribution in [0.3, 0.4) is 0 Å². The molecule has 1 unspecified atom stereocenters. The molecule has 0 aromatic carbocycles. The van der Waals surface area contributed by atoms with Gasteiger partial charge in [0, 0.05) is 6.92 Å². The minimum Gasteiger partial charge on any atom is -0.467 e. The molecule has 0 radical (unpaired) electrons. The van der Waals surface area contributed by atoms with Gasteiger partial charge >= 0.3 is 5.97 Å². The number of hydrogen-bond acceptors (Lipinski definition) is 6. The monoisotopic (exact) mass is 238 g/mol. The molecule has 0 aliphatic heterocycles. The summed E-state index contributed by atoms with van der Waals surface area (Å²) in [6.45, 7) is 1.03. The normalized spacial score (nSPS) is 11.7. The number of carbonyl (C=O) groups is 2. The van der Waals surface area contributed by atoms with Crippen LogP contribution in [-0.4, -0.2) is 41.6 Å². The lowest BCUT2D eigenvalue weighted by molar-refractivity contribution is -0.142. The summed E-state index contributed by atoms with van der Waals surface area (Å²) in [5, 5.41) is 11.7. The lowest BCUT2D eigenvalue weighted by Gasteiger charge is -2.14. The van der Waals surface area contributed by atoms with Crippen LogP contribution >= 0.6 is 0 Å². The van der Waals surface area contributed by atoms with Crippen molar-refractivity contribution in [3.63, 3.8) is 0 Å². The van der Waals surface area contributed by atoms with E-state index in [1.807, 2.05) is 0 Å². The molecule has 0 bridgehead atoms. The highest BCUT2D eigenvalue weighted by molar-refractivity contribution is 5.92. The van der Waals surface area contributed by atoms with Crippen LogP contribution in [0.2, 0.25) is 0 Å². The van der Waals surface area contributed by atoms with Crippen LogP contribution in [0.1, 0.15) is 17.4 Å². The van der Waals surface area contributed by atoms with Gasteiger partial charge in [0.25, 0.3) is 0 Å². The molecule has 1 rings (SSSR count). The van der Waals surface area contributed by atoms with Crippen LogP contribution < -0.4 is 5.32 Å². The van der Waals surface area contributed by atoms with Crippen molar-refractivity contribution in [2.24, 2.45) is 0 Å². The maximum absolute atomic E-state index is 11.2. The Balaban J connectivity index is 2.74. The topological polar surface area (TPSA) is 88.5 Å². The second-order valence-corrected chi connectivity index (χ2v) is 3.39. The molecule has 0 saturated heterocycles. The largest absolute Gasteiger partial charge is 0.467 e. The summed E-state index contributed by atoms with van der Waals surface area (Å²) in [5.41, 5.74) is 0.869. The number of rotatable bonds is 5. The SMILES string of the molecule is COC(=O)C(CO)Nc1ccc(C(C)=O)nc1. The summed E-state index contributed by atoms with van der Waals surface area (Å²) >= 11 is 0. The van der Waals surface area contributed by atoms with Crippen LogP contribution in [0.15, 0.2) is 18.3 Å². The summed E-state index contributed by atoms with van der Waals surface area (Å²) in [5.74, 6) is -0.702. The Morgan fingerprint density at radius 1 is 1.53 bits per heavy atom. The zero-order valence-corrected chi connectivity index (χ0v) is 9.64. The van der Waals surface area contributed by atoms with Gasteiger partial charge in [-0.3, -0.25) is 9.78 Å². The van der Waals surface area contributed by atoms with E-state index in [0.717, 1.165) is 0 Å². The number of carbonyl (C=O) groups excluding carboxylic acids is 2. The molecule has 6 nitrogen and oxygen atoms in total. The van der Waals surface area contributed by atoms with Gasteiger partial charge in [-0.15, -0.1) is 0 Å². The van der Waals surface area contributed by atoms with Crippen molar-refractivity contribution in [1.82, 2.24) is 4.98 Å². The van der Waals surface area contributed by atoms with Gasteiger partial charge in [-0.05, 0) is 12.1 Å². The predicted molar refractivity (Wildman–Crippen MR) is 60.8 cm³/mol. The van der Waals surface area contributed by atoms with Crippen molar-refractivity contribution < 1.29 is 19.4 Å². The molecule has 0 aliphatic rings. The van der Waals surface area contributed by atoms with E-state index in [-0.39, 0.29) is 12.4 Å². The third kappa shape index (κ3) is 3.53. The number of anilines is 1. The first-order valence-electron chi connectivity index (χ1n) is 5.00. The fourth-order valence-corrected chi connectivity index (χ4v) is 1.21. The van der Waals surface area contributed by atoms with Gasteiger partial charge in [0.05, 0.1) is 25.6 Å². The number of esters is 1. The van der Waals surface area contributed by atoms with Crippen molar-refractivity contribution in [3.05, 3.63) is 24.0 Å². The Kier molecular flexibility index (Phi) is 4.59. The van der Waals surface area contributed by atoms with Gasteiger partial charge in [0.15, 0.2) is 5.78 Å². The first kappa shape index (κ1) is 13.1. The molecule has 0 spiro atoms. The Morgan fingerprint density at radius 2 is 2.24 bits per heavy atom. The minimum absolute atomic E-state index is 0.136. The van der Waals surface area contributed by atoms with Crippen LogP contribution in [0.4, 0.5) is 5.69 Å². The van der Waals surface area contributed by atoms with Gasteiger partial charge in [-0.1, -0.05) is 0 Å². The Morgan fingerprint density at radius 3 is 2.65 bits per heavy atom. The maximum atomic E-state index is 11.2. The predicted octanol–water partition coefficient (Wildman–Crippen LogP) is 0.230. The van der Waals surface area contributed by atoms with E-state index in [4.69, 9.17) is 5.11 Å². The molecule has 6 heteroatoms. The number of aromatic nitrogens is 1. The van der Waals surface area contributed by atoms with E-state index in [0.29, 0.717) is 11.4 Å². The zero-order valence-electron chi connectivity index (χ0n) is 9.64. The van der Waals surface area contributed by atoms with Crippen LogP contribution in [-0.2, 0) is 9.53 Å². The molecule has 0 aliphatic carbocycles. The van der Waals surface area contributed by atoms with E-state index in [1.54, 1.807) is 6.07 Å². The van der Waals surface area contributed by atoms with Gasteiger partial charge in [-0.25, -0.2) is 4.79 Å². The molecular weight excluding hydrogens is 224 g/mol. The number of ether oxygens (including phenoxy) is 1. The molecular formula is C11H14N2O4. The highest BCUT2D eigenvalue weighted by Crippen LogP contribution is 2.08. The number of hydrogen-bond donors (Lipinski definition) is 2. The summed E-state index contributed by atoms with van der Waals surface area (Å²) in [4.78, 5) is 26.1. The molecule has 0 saturated carbocycles. The molecule has 2 N–H and O–H groups in total. The van der Waals surface area contributed by atoms with Gasteiger partial charge in [-0.2, -0.15) is 0 Å². The standard InChI is InChI=1S/C11H14N2O4/c1-7(15)9-4-3-8(5-12-9)13-10(6-14)11(16)17-2/h3-5,10,13-14H,6H2,1-2H3. The molecule has 1 aromatic rings. The molecule has 92 valence electrons. The smallest absolute Gasteiger partial charge is 0.330 e. The number of Topliss-reactive ketones (excluding diaryl/α,β-unsaturated/α-hetero) is 1. The highest BCUT2D eigenvalue weighted by atomic mass is 16.5. The maximum Gasteiger partial charge on any atom is 0.330 e. The van der Waals surface area contributed by atoms with Crippen LogP contribution in [0, 0.1) is 0 Å². The molecule has 1 atom stereocenters. The van der Waals surface area contributed by atoms with E-state index < -0.39 is 12.0 Å². The Bertz CT molecular complexity index is 402. The van der Waals surface area contributed by atoms with E-state index in [2.05, 4.69) is 15.0 Å². The lowest BCUT2D eigenvalue weighted by atomic mass is 10.2. The number of ketones is 1. The molecule has 0 amide bonds. The minimum atomic E-state index is -0.843. The summed E-state index contributed by atoms with van der Waals surface area (Å²) in [6.07, 6.45) is 1.42. The number of nitrogens with zero attached hydrogens (tertiary/aromatic N) is 1. The molecule has 0 fully saturated rings. The molecule has 1 aromatic heterocycles. The van der Waals surface area contributed by atoms with Crippen LogP contribution in [0.5, 0.6) is 0 Å². The fourth-order valence-electron chi connectivity index (χ4n) is 1.21. The molecule has 1 heterocycles. The van der Waals surface area contributed by atoms with Crippen molar-refractivity contribution in [1.29, 1.82) is 0 Å². The van der Waals surface area contributed by atoms with Gasteiger partial charge in [0.1, 0.15) is 11.7 Å². The van der Waals surface area contributed by atoms with E-state index >= 15 is 0 Å². The first-order chi connectivity index (χ1) is 8.08. The number of pyridine rings is 1. The second-order valence-electron chi connectivity index (χ2n) is 3.39. The van der Waals surface area contributed by atoms with Gasteiger partial charge in [0.2, 0.25) is 0 Å². The van der Waals surface area contributed by atoms with E-state index in [9.17, 15) is 9.59 Å². The van der Waals surface area contributed by atoms with Crippen molar-refractivity contribution in [2.45, 2.75) is 13.0 Å². The summed E-state index contributed by atoms with van der Waals surface area (Å²) < 4.78 is 4.50. The summed E-state index contributed by atoms with van der Waals surface area (Å²) in [6, 6.07) is 2.30. The Labute approximate surface area is 98.6 Å². The number of methoxy groups -OCH3 is 1. The third-order valence-electron chi connectivity index (χ3n) is 2.13. The van der Waals surface area contributed by atoms with Crippen LogP contribution in [0.25, 0.3) is 0 Å². The first-order valence-corrected chi connectivity index (χ1v) is 5.00. The average molecular weight is 238 g/mol. The number of nitrogens with one attached hydrogen (secondary N) is 1. The third-order valence-corrected chi connectivity index (χ3v) is 2.13. The van der Waals surface area contributed by atoms with Crippen molar-refractivity contribution in [2.75, 3.05) is 19.0 Å². The zero-order chi connectivity index (χ0) is 12.8. The number of aliphatic hydroxyl groups is 1. The summed E-state index contributed by atoms with van der Waals surface area (Å²) in [7, 11) is 1.24. The highest BCUT2D eigenvalue weighted by Gasteiger charge is 2.17. The second kappa shape index (κ2) is 5.95. The number of aliphatic hydroxyl groups excluding tert-OH is 1. The van der Waals surface area contributed by atoms with Crippen molar-refractivity contribution in [3.8, 4) is 0 Å². The quantitative estimate of drug-likeness (QED) is 0.564.